The normalized spacial score (nSPS) is 11.9. The molecule has 32 heavy (non-hydrogen) atoms. The van der Waals surface area contributed by atoms with Crippen molar-refractivity contribution in [1.29, 1.82) is 0 Å². The maximum absolute atomic E-state index is 13.2. The quantitative estimate of drug-likeness (QED) is 0.445. The summed E-state index contributed by atoms with van der Waals surface area (Å²) in [5, 5.41) is 13.2. The number of anilines is 1. The molecule has 0 unspecified atom stereocenters. The van der Waals surface area contributed by atoms with Crippen molar-refractivity contribution >= 4 is 29.4 Å². The Hall–Kier alpha value is -3.84. The molecule has 0 saturated carbocycles. The zero-order chi connectivity index (χ0) is 22.9. The van der Waals surface area contributed by atoms with Gasteiger partial charge in [-0.05, 0) is 68.8 Å². The van der Waals surface area contributed by atoms with Crippen LogP contribution in [-0.4, -0.2) is 25.4 Å². The van der Waals surface area contributed by atoms with E-state index in [-0.39, 0.29) is 5.91 Å². The Morgan fingerprint density at radius 2 is 1.81 bits per heavy atom. The molecule has 2 N–H and O–H groups in total. The van der Waals surface area contributed by atoms with Gasteiger partial charge in [-0.25, -0.2) is 9.97 Å². The van der Waals surface area contributed by atoms with Gasteiger partial charge >= 0.3 is 0 Å². The van der Waals surface area contributed by atoms with E-state index in [1.807, 2.05) is 23.5 Å². The van der Waals surface area contributed by atoms with Crippen molar-refractivity contribution in [2.24, 2.45) is 0 Å². The summed E-state index contributed by atoms with van der Waals surface area (Å²) in [5.74, 6) is -0.772. The molecule has 0 aliphatic rings. The number of aromatic nitrogens is 3. The number of nitrogens with zero attached hydrogens (tertiary/aromatic N) is 3. The highest BCUT2D eigenvalue weighted by molar-refractivity contribution is 6.04. The standard InChI is InChI=1S/C25H23FN4O2/c1-16-23(25(2,3)32)29-22-14-13-20(15-30(16)22)28-24(31)18-10-7-17(8-11-18)9-12-19-5-4-6-21(26)27-19/h4-15,32H,1-3H3,(H,28,31)/b12-9+. The van der Waals surface area contributed by atoms with Crippen molar-refractivity contribution < 1.29 is 14.3 Å². The number of halogens is 1. The molecular formula is C25H23FN4O2. The fourth-order valence-electron chi connectivity index (χ4n) is 3.46. The van der Waals surface area contributed by atoms with Crippen molar-refractivity contribution in [2.75, 3.05) is 5.32 Å². The fourth-order valence-corrected chi connectivity index (χ4v) is 3.46. The minimum atomic E-state index is -1.06. The average molecular weight is 430 g/mol. The van der Waals surface area contributed by atoms with E-state index in [1.54, 1.807) is 68.6 Å². The second-order valence-electron chi connectivity index (χ2n) is 8.05. The lowest BCUT2D eigenvalue weighted by molar-refractivity contribution is 0.0736. The molecule has 3 aromatic heterocycles. The van der Waals surface area contributed by atoms with Gasteiger partial charge in [-0.3, -0.25) is 4.79 Å². The lowest BCUT2D eigenvalue weighted by Gasteiger charge is -2.15. The highest BCUT2D eigenvalue weighted by atomic mass is 19.1. The van der Waals surface area contributed by atoms with Crippen LogP contribution in [-0.2, 0) is 5.60 Å². The van der Waals surface area contributed by atoms with Crippen LogP contribution in [0.2, 0.25) is 0 Å². The van der Waals surface area contributed by atoms with Crippen LogP contribution in [0.25, 0.3) is 17.8 Å². The second-order valence-corrected chi connectivity index (χ2v) is 8.05. The van der Waals surface area contributed by atoms with Crippen LogP contribution in [0, 0.1) is 12.9 Å². The number of aliphatic hydroxyl groups is 1. The number of benzene rings is 1. The molecule has 1 amide bonds. The number of pyridine rings is 2. The van der Waals surface area contributed by atoms with E-state index in [0.29, 0.717) is 28.3 Å². The molecule has 0 spiro atoms. The Bertz CT molecular complexity index is 1320. The molecule has 4 rings (SSSR count). The maximum atomic E-state index is 13.2. The van der Waals surface area contributed by atoms with Gasteiger partial charge in [0, 0.05) is 17.5 Å². The van der Waals surface area contributed by atoms with Crippen molar-refractivity contribution in [3.05, 3.63) is 95.0 Å². The third-order valence-electron chi connectivity index (χ3n) is 5.05. The smallest absolute Gasteiger partial charge is 0.255 e. The van der Waals surface area contributed by atoms with E-state index in [9.17, 15) is 14.3 Å². The lowest BCUT2D eigenvalue weighted by Crippen LogP contribution is -2.17. The van der Waals surface area contributed by atoms with Crippen molar-refractivity contribution in [1.82, 2.24) is 14.4 Å². The lowest BCUT2D eigenvalue weighted by atomic mass is 10.0. The number of fused-ring (bicyclic) bond motifs is 1. The molecule has 3 heterocycles. The van der Waals surface area contributed by atoms with Gasteiger partial charge in [0.15, 0.2) is 0 Å². The minimum Gasteiger partial charge on any atom is -0.384 e. The van der Waals surface area contributed by atoms with Gasteiger partial charge in [0.25, 0.3) is 5.91 Å². The number of hydrogen-bond acceptors (Lipinski definition) is 4. The number of hydrogen-bond donors (Lipinski definition) is 2. The molecule has 0 saturated heterocycles. The molecule has 0 bridgehead atoms. The molecule has 162 valence electrons. The Labute approximate surface area is 185 Å². The van der Waals surface area contributed by atoms with E-state index in [1.165, 1.54) is 6.07 Å². The van der Waals surface area contributed by atoms with Gasteiger partial charge in [-0.1, -0.05) is 24.3 Å². The van der Waals surface area contributed by atoms with Crippen molar-refractivity contribution in [3.63, 3.8) is 0 Å². The predicted octanol–water partition coefficient (Wildman–Crippen LogP) is 4.83. The third kappa shape index (κ3) is 4.58. The highest BCUT2D eigenvalue weighted by Crippen LogP contribution is 2.25. The summed E-state index contributed by atoms with van der Waals surface area (Å²) in [4.78, 5) is 21.0. The highest BCUT2D eigenvalue weighted by Gasteiger charge is 2.23. The summed E-state index contributed by atoms with van der Waals surface area (Å²) < 4.78 is 15.0. The summed E-state index contributed by atoms with van der Waals surface area (Å²) in [7, 11) is 0. The van der Waals surface area contributed by atoms with Crippen LogP contribution in [0.5, 0.6) is 0 Å². The molecule has 0 radical (unpaired) electrons. The maximum Gasteiger partial charge on any atom is 0.255 e. The molecule has 0 aliphatic heterocycles. The first-order valence-electron chi connectivity index (χ1n) is 10.1. The van der Waals surface area contributed by atoms with Crippen LogP contribution >= 0.6 is 0 Å². The average Bonchev–Trinajstić information content (AvgIpc) is 3.09. The Morgan fingerprint density at radius 3 is 2.50 bits per heavy atom. The van der Waals surface area contributed by atoms with E-state index in [4.69, 9.17) is 0 Å². The molecular weight excluding hydrogens is 407 g/mol. The van der Waals surface area contributed by atoms with Crippen LogP contribution in [0.1, 0.15) is 46.9 Å². The van der Waals surface area contributed by atoms with E-state index in [0.717, 1.165) is 11.3 Å². The third-order valence-corrected chi connectivity index (χ3v) is 5.05. The van der Waals surface area contributed by atoms with E-state index < -0.39 is 11.5 Å². The topological polar surface area (TPSA) is 79.5 Å². The zero-order valence-corrected chi connectivity index (χ0v) is 18.0. The number of nitrogens with one attached hydrogen (secondary N) is 1. The summed E-state index contributed by atoms with van der Waals surface area (Å²) in [6, 6.07) is 15.2. The zero-order valence-electron chi connectivity index (χ0n) is 18.0. The van der Waals surface area contributed by atoms with Gasteiger partial charge in [0.1, 0.15) is 11.2 Å². The summed E-state index contributed by atoms with van der Waals surface area (Å²) >= 11 is 0. The molecule has 0 aliphatic carbocycles. The summed E-state index contributed by atoms with van der Waals surface area (Å²) in [5.41, 5.74) is 3.55. The minimum absolute atomic E-state index is 0.243. The van der Waals surface area contributed by atoms with Crippen LogP contribution in [0.3, 0.4) is 0 Å². The van der Waals surface area contributed by atoms with Crippen molar-refractivity contribution in [2.45, 2.75) is 26.4 Å². The molecule has 1 aromatic carbocycles. The first-order valence-corrected chi connectivity index (χ1v) is 10.1. The second kappa shape index (κ2) is 8.36. The Kier molecular flexibility index (Phi) is 5.59. The number of aryl methyl sites for hydroxylation is 1. The van der Waals surface area contributed by atoms with Gasteiger partial charge in [-0.2, -0.15) is 4.39 Å². The van der Waals surface area contributed by atoms with Crippen molar-refractivity contribution in [3.8, 4) is 0 Å². The Morgan fingerprint density at radius 1 is 1.06 bits per heavy atom. The SMILES string of the molecule is Cc1c(C(C)(C)O)nc2ccc(NC(=O)c3ccc(/C=C/c4cccc(F)n4)cc3)cn12. The van der Waals surface area contributed by atoms with Crippen LogP contribution in [0.15, 0.2) is 60.8 Å². The predicted molar refractivity (Wildman–Crippen MR) is 123 cm³/mol. The molecule has 0 atom stereocenters. The number of amides is 1. The first-order chi connectivity index (χ1) is 15.2. The molecule has 7 heteroatoms. The monoisotopic (exact) mass is 430 g/mol. The van der Waals surface area contributed by atoms with Crippen LogP contribution < -0.4 is 5.32 Å². The summed E-state index contributed by atoms with van der Waals surface area (Å²) in [6.07, 6.45) is 5.30. The van der Waals surface area contributed by atoms with Gasteiger partial charge in [0.05, 0.1) is 17.1 Å². The summed E-state index contributed by atoms with van der Waals surface area (Å²) in [6.45, 7) is 5.26. The van der Waals surface area contributed by atoms with Gasteiger partial charge < -0.3 is 14.8 Å². The van der Waals surface area contributed by atoms with E-state index in [2.05, 4.69) is 15.3 Å². The van der Waals surface area contributed by atoms with Gasteiger partial charge in [0.2, 0.25) is 5.95 Å². The number of carbonyl (C=O) groups excluding carboxylic acids is 1. The fraction of sp³-hybridized carbons (Fsp3) is 0.160. The molecule has 4 aromatic rings. The Balaban J connectivity index is 1.49. The molecule has 6 nitrogen and oxygen atoms in total. The van der Waals surface area contributed by atoms with Crippen LogP contribution in [0.4, 0.5) is 10.1 Å². The first kappa shape index (κ1) is 21.4. The van der Waals surface area contributed by atoms with E-state index >= 15 is 0 Å². The number of rotatable bonds is 5. The molecule has 0 fully saturated rings. The number of carbonyl (C=O) groups is 1. The largest absolute Gasteiger partial charge is 0.384 e. The number of imidazole rings is 1. The van der Waals surface area contributed by atoms with Gasteiger partial charge in [-0.15, -0.1) is 0 Å².